The first-order valence-corrected chi connectivity index (χ1v) is 9.40. The van der Waals surface area contributed by atoms with Gasteiger partial charge in [-0.3, -0.25) is 14.9 Å². The van der Waals surface area contributed by atoms with E-state index in [2.05, 4.69) is 10.0 Å². The summed E-state index contributed by atoms with van der Waals surface area (Å²) < 4.78 is 26.5. The summed E-state index contributed by atoms with van der Waals surface area (Å²) in [6.45, 7) is 0.0106. The molecule has 2 aromatic carbocycles. The van der Waals surface area contributed by atoms with E-state index in [-0.39, 0.29) is 35.7 Å². The molecule has 0 unspecified atom stereocenters. The lowest BCUT2D eigenvalue weighted by Gasteiger charge is -2.08. The molecule has 0 aliphatic carbocycles. The van der Waals surface area contributed by atoms with Crippen LogP contribution in [-0.4, -0.2) is 32.3 Å². The van der Waals surface area contributed by atoms with Gasteiger partial charge < -0.3 is 5.32 Å². The van der Waals surface area contributed by atoms with Gasteiger partial charge in [-0.15, -0.1) is 0 Å². The number of halogens is 1. The van der Waals surface area contributed by atoms with Crippen LogP contribution >= 0.6 is 11.6 Å². The Morgan fingerprint density at radius 1 is 1.12 bits per heavy atom. The minimum absolute atomic E-state index is 0.0243. The molecule has 0 radical (unpaired) electrons. The number of nitro benzene ring substituents is 1. The van der Waals surface area contributed by atoms with E-state index in [4.69, 9.17) is 11.6 Å². The second kappa shape index (κ2) is 8.75. The molecule has 2 rings (SSSR count). The van der Waals surface area contributed by atoms with E-state index >= 15 is 0 Å². The summed E-state index contributed by atoms with van der Waals surface area (Å²) in [6, 6.07) is 11.7. The van der Waals surface area contributed by atoms with E-state index in [0.29, 0.717) is 5.02 Å². The normalized spacial score (nSPS) is 11.1. The third-order valence-corrected chi connectivity index (χ3v) is 5.08. The molecule has 0 bridgehead atoms. The van der Waals surface area contributed by atoms with Crippen LogP contribution in [0.4, 0.5) is 5.69 Å². The van der Waals surface area contributed by atoms with E-state index in [1.807, 2.05) is 0 Å². The van der Waals surface area contributed by atoms with Gasteiger partial charge in [-0.05, 0) is 18.2 Å². The smallest absolute Gasteiger partial charge is 0.273 e. The highest BCUT2D eigenvalue weighted by atomic mass is 35.5. The molecule has 0 saturated carbocycles. The van der Waals surface area contributed by atoms with Gasteiger partial charge >= 0.3 is 0 Å². The molecule has 0 fully saturated rings. The lowest BCUT2D eigenvalue weighted by Crippen LogP contribution is -2.35. The summed E-state index contributed by atoms with van der Waals surface area (Å²) >= 11 is 5.77. The zero-order valence-corrected chi connectivity index (χ0v) is 15.1. The fourth-order valence-corrected chi connectivity index (χ4v) is 3.51. The molecule has 0 aliphatic heterocycles. The molecule has 10 heteroatoms. The number of hydrogen-bond acceptors (Lipinski definition) is 5. The topological polar surface area (TPSA) is 118 Å². The second-order valence-electron chi connectivity index (χ2n) is 5.27. The van der Waals surface area contributed by atoms with Gasteiger partial charge in [-0.25, -0.2) is 13.1 Å². The molecule has 0 aromatic heterocycles. The van der Waals surface area contributed by atoms with Crippen LogP contribution in [0.3, 0.4) is 0 Å². The summed E-state index contributed by atoms with van der Waals surface area (Å²) in [5.74, 6) is -0.443. The first-order valence-electron chi connectivity index (χ1n) is 7.54. The van der Waals surface area contributed by atoms with E-state index in [0.717, 1.165) is 0 Å². The Bertz CT molecular complexity index is 918. The molecular formula is C16H16ClN3O5S. The molecule has 0 aliphatic rings. The van der Waals surface area contributed by atoms with Crippen LogP contribution < -0.4 is 10.0 Å². The molecule has 26 heavy (non-hydrogen) atoms. The third kappa shape index (κ3) is 5.51. The zero-order valence-electron chi connectivity index (χ0n) is 13.5. The number of nitro groups is 1. The maximum atomic E-state index is 12.1. The van der Waals surface area contributed by atoms with Crippen LogP contribution in [0.15, 0.2) is 53.4 Å². The Balaban J connectivity index is 1.85. The van der Waals surface area contributed by atoms with Crippen LogP contribution in [0.5, 0.6) is 0 Å². The van der Waals surface area contributed by atoms with Crippen molar-refractivity contribution in [3.8, 4) is 0 Å². The number of nitrogens with one attached hydrogen (secondary N) is 2. The van der Waals surface area contributed by atoms with Gasteiger partial charge in [0.1, 0.15) is 0 Å². The van der Waals surface area contributed by atoms with Gasteiger partial charge in [0.05, 0.1) is 16.2 Å². The lowest BCUT2D eigenvalue weighted by molar-refractivity contribution is -0.385. The van der Waals surface area contributed by atoms with Crippen molar-refractivity contribution in [3.63, 3.8) is 0 Å². The largest absolute Gasteiger partial charge is 0.354 e. The number of benzene rings is 2. The van der Waals surface area contributed by atoms with Gasteiger partial charge in [0.25, 0.3) is 5.69 Å². The summed E-state index contributed by atoms with van der Waals surface area (Å²) in [7, 11) is -3.73. The molecule has 0 atom stereocenters. The number of hydrogen-bond donors (Lipinski definition) is 2. The number of rotatable bonds is 8. The number of para-hydroxylation sites is 1. The van der Waals surface area contributed by atoms with Crippen molar-refractivity contribution in [1.82, 2.24) is 10.0 Å². The van der Waals surface area contributed by atoms with E-state index in [1.54, 1.807) is 12.1 Å². The highest BCUT2D eigenvalue weighted by Crippen LogP contribution is 2.18. The molecule has 138 valence electrons. The van der Waals surface area contributed by atoms with E-state index < -0.39 is 20.9 Å². The Morgan fingerprint density at radius 3 is 2.54 bits per heavy atom. The number of nitrogens with zero attached hydrogens (tertiary/aromatic N) is 1. The summed E-state index contributed by atoms with van der Waals surface area (Å²) in [6.07, 6.45) is -0.168. The van der Waals surface area contributed by atoms with Crippen molar-refractivity contribution in [2.75, 3.05) is 13.1 Å². The molecule has 8 nitrogen and oxygen atoms in total. The fourth-order valence-electron chi connectivity index (χ4n) is 2.18. The molecule has 2 aromatic rings. The van der Waals surface area contributed by atoms with Gasteiger partial charge in [0, 0.05) is 29.7 Å². The van der Waals surface area contributed by atoms with Crippen molar-refractivity contribution in [3.05, 3.63) is 69.2 Å². The lowest BCUT2D eigenvalue weighted by atomic mass is 10.1. The Labute approximate surface area is 155 Å². The van der Waals surface area contributed by atoms with E-state index in [9.17, 15) is 23.3 Å². The van der Waals surface area contributed by atoms with Crippen molar-refractivity contribution in [1.29, 1.82) is 0 Å². The minimum Gasteiger partial charge on any atom is -0.354 e. The van der Waals surface area contributed by atoms with Crippen LogP contribution in [0, 0.1) is 10.1 Å². The minimum atomic E-state index is -3.73. The number of amides is 1. The summed E-state index contributed by atoms with van der Waals surface area (Å²) in [4.78, 5) is 22.3. The first kappa shape index (κ1) is 19.8. The fraction of sp³-hybridized carbons (Fsp3) is 0.188. The Hall–Kier alpha value is -2.49. The zero-order chi connectivity index (χ0) is 19.2. The molecule has 0 heterocycles. The van der Waals surface area contributed by atoms with Crippen molar-refractivity contribution in [2.24, 2.45) is 0 Å². The Morgan fingerprint density at radius 2 is 1.85 bits per heavy atom. The predicted octanol–water partition coefficient (Wildman–Crippen LogP) is 1.89. The van der Waals surface area contributed by atoms with Gasteiger partial charge in [-0.1, -0.05) is 35.9 Å². The Kier molecular flexibility index (Phi) is 6.67. The van der Waals surface area contributed by atoms with Gasteiger partial charge in [0.2, 0.25) is 15.9 Å². The second-order valence-corrected chi connectivity index (χ2v) is 7.47. The number of carbonyl (C=O) groups is 1. The van der Waals surface area contributed by atoms with Crippen molar-refractivity contribution < 1.29 is 18.1 Å². The van der Waals surface area contributed by atoms with Crippen molar-refractivity contribution >= 4 is 33.2 Å². The average molecular weight is 398 g/mol. The number of carbonyl (C=O) groups excluding carboxylic acids is 1. The number of sulfonamides is 1. The first-order chi connectivity index (χ1) is 12.3. The molecule has 1 amide bonds. The third-order valence-electron chi connectivity index (χ3n) is 3.38. The van der Waals surface area contributed by atoms with Crippen LogP contribution in [0.2, 0.25) is 5.02 Å². The standard InChI is InChI=1S/C16H16ClN3O5S/c17-13-5-3-6-14(11-13)26(24,25)19-9-8-18-16(21)10-12-4-1-2-7-15(12)20(22)23/h1-7,11,19H,8-10H2,(H,18,21). The van der Waals surface area contributed by atoms with Crippen molar-refractivity contribution in [2.45, 2.75) is 11.3 Å². The monoisotopic (exact) mass is 397 g/mol. The van der Waals surface area contributed by atoms with Gasteiger partial charge in [-0.2, -0.15) is 0 Å². The predicted molar refractivity (Wildman–Crippen MR) is 96.5 cm³/mol. The molecule has 2 N–H and O–H groups in total. The highest BCUT2D eigenvalue weighted by Gasteiger charge is 2.16. The maximum absolute atomic E-state index is 12.1. The summed E-state index contributed by atoms with van der Waals surface area (Å²) in [5, 5.41) is 13.7. The maximum Gasteiger partial charge on any atom is 0.273 e. The van der Waals surface area contributed by atoms with Crippen LogP contribution in [0.1, 0.15) is 5.56 Å². The van der Waals surface area contributed by atoms with Crippen LogP contribution in [0.25, 0.3) is 0 Å². The highest BCUT2D eigenvalue weighted by molar-refractivity contribution is 7.89. The quantitative estimate of drug-likeness (QED) is 0.400. The van der Waals surface area contributed by atoms with E-state index in [1.165, 1.54) is 36.4 Å². The average Bonchev–Trinajstić information content (AvgIpc) is 2.59. The molecular weight excluding hydrogens is 382 g/mol. The SMILES string of the molecule is O=C(Cc1ccccc1[N+](=O)[O-])NCCNS(=O)(=O)c1cccc(Cl)c1. The molecule has 0 saturated heterocycles. The molecule has 0 spiro atoms. The van der Waals surface area contributed by atoms with Gasteiger partial charge in [0.15, 0.2) is 0 Å². The summed E-state index contributed by atoms with van der Waals surface area (Å²) in [5.41, 5.74) is 0.152. The van der Waals surface area contributed by atoms with Crippen LogP contribution in [-0.2, 0) is 21.2 Å².